The van der Waals surface area contributed by atoms with Gasteiger partial charge in [-0.15, -0.1) is 0 Å². The van der Waals surface area contributed by atoms with Crippen molar-refractivity contribution >= 4 is 23.5 Å². The zero-order chi connectivity index (χ0) is 24.3. The number of fused-ring (bicyclic) bond motifs is 1. The topological polar surface area (TPSA) is 122 Å². The number of amides is 3. The van der Waals surface area contributed by atoms with Gasteiger partial charge in [0.2, 0.25) is 0 Å². The molecule has 178 valence electrons. The lowest BCUT2D eigenvalue weighted by molar-refractivity contribution is -0.137. The summed E-state index contributed by atoms with van der Waals surface area (Å²) in [4.78, 5) is 24.5. The first-order chi connectivity index (χ1) is 16.2. The quantitative estimate of drug-likeness (QED) is 0.621. The van der Waals surface area contributed by atoms with Gasteiger partial charge in [-0.2, -0.15) is 18.4 Å². The van der Waals surface area contributed by atoms with E-state index in [9.17, 15) is 22.8 Å². The molecular weight excluding hydrogens is 457 g/mol. The molecule has 0 aliphatic carbocycles. The summed E-state index contributed by atoms with van der Waals surface area (Å²) >= 11 is 0. The van der Waals surface area contributed by atoms with Crippen LogP contribution in [0.4, 0.5) is 34.1 Å². The van der Waals surface area contributed by atoms with Crippen LogP contribution < -0.4 is 16.0 Å². The Hall–Kier alpha value is -3.82. The summed E-state index contributed by atoms with van der Waals surface area (Å²) in [7, 11) is 0. The molecule has 0 spiro atoms. The van der Waals surface area contributed by atoms with Crippen molar-refractivity contribution in [2.75, 3.05) is 23.8 Å². The number of urea groups is 1. The number of nitriles is 1. The monoisotopic (exact) mass is 476 g/mol. The van der Waals surface area contributed by atoms with E-state index >= 15 is 0 Å². The maximum Gasteiger partial charge on any atom is 0.416 e. The molecule has 4 unspecified atom stereocenters. The molecule has 34 heavy (non-hydrogen) atoms. The van der Waals surface area contributed by atoms with Gasteiger partial charge in [-0.1, -0.05) is 12.1 Å². The average Bonchev–Trinajstić information content (AvgIpc) is 3.37. The molecule has 0 saturated carbocycles. The number of hydrogen-bond acceptors (Lipinski definition) is 6. The fourth-order valence-corrected chi connectivity index (χ4v) is 3.75. The van der Waals surface area contributed by atoms with Gasteiger partial charge in [0.1, 0.15) is 12.2 Å². The fraction of sp³-hybridized carbons (Fsp3) is 0.318. The molecule has 2 aliphatic rings. The molecule has 9 nitrogen and oxygen atoms in total. The molecule has 3 amide bonds. The molecule has 2 aliphatic heterocycles. The number of anilines is 2. The van der Waals surface area contributed by atoms with Crippen LogP contribution in [0.3, 0.4) is 0 Å². The highest BCUT2D eigenvalue weighted by atomic mass is 19.4. The van der Waals surface area contributed by atoms with E-state index in [-0.39, 0.29) is 18.9 Å². The molecule has 3 N–H and O–H groups in total. The minimum Gasteiger partial charge on any atom is -0.441 e. The van der Waals surface area contributed by atoms with Gasteiger partial charge in [0.15, 0.2) is 6.10 Å². The van der Waals surface area contributed by atoms with Crippen LogP contribution >= 0.6 is 0 Å². The smallest absolute Gasteiger partial charge is 0.416 e. The number of carbonyl (C=O) groups excluding carboxylic acids is 2. The molecule has 2 fully saturated rings. The highest BCUT2D eigenvalue weighted by Gasteiger charge is 2.50. The second-order valence-electron chi connectivity index (χ2n) is 7.64. The zero-order valence-corrected chi connectivity index (χ0v) is 17.5. The van der Waals surface area contributed by atoms with Gasteiger partial charge in [-0.25, -0.2) is 9.59 Å². The van der Waals surface area contributed by atoms with E-state index < -0.39 is 48.2 Å². The normalized spacial score (nSPS) is 23.5. The number of benzene rings is 2. The van der Waals surface area contributed by atoms with Crippen LogP contribution in [0.1, 0.15) is 11.1 Å². The van der Waals surface area contributed by atoms with E-state index in [1.54, 1.807) is 18.2 Å². The second kappa shape index (κ2) is 9.58. The van der Waals surface area contributed by atoms with E-state index in [0.29, 0.717) is 11.3 Å². The van der Waals surface area contributed by atoms with E-state index in [1.165, 1.54) is 18.2 Å². The van der Waals surface area contributed by atoms with Gasteiger partial charge < -0.3 is 24.8 Å². The predicted octanol–water partition coefficient (Wildman–Crippen LogP) is 3.48. The van der Waals surface area contributed by atoms with Gasteiger partial charge in [-0.05, 0) is 36.4 Å². The standard InChI is InChI=1S/C22H19F3N4O5/c23-22(24,25)13-4-2-6-15(8-13)28-21(31)34-17-11-33-18-16(10-32-19(17)18)29-20(30)27-14-5-1-3-12(7-14)9-26/h1-8,16-19H,10-11H2,(H,28,31)(H2,27,29,30). The number of nitrogens with zero attached hydrogens (tertiary/aromatic N) is 1. The Morgan fingerprint density at radius 2 is 1.71 bits per heavy atom. The third kappa shape index (κ3) is 5.38. The maximum absolute atomic E-state index is 12.8. The minimum absolute atomic E-state index is 0.00461. The Labute approximate surface area is 191 Å². The number of carbonyl (C=O) groups is 2. The van der Waals surface area contributed by atoms with Gasteiger partial charge in [0.05, 0.1) is 36.5 Å². The third-order valence-corrected chi connectivity index (χ3v) is 5.27. The highest BCUT2D eigenvalue weighted by Crippen LogP contribution is 2.31. The van der Waals surface area contributed by atoms with Crippen molar-refractivity contribution in [3.8, 4) is 6.07 Å². The van der Waals surface area contributed by atoms with Crippen LogP contribution in [-0.4, -0.2) is 49.7 Å². The van der Waals surface area contributed by atoms with E-state index in [4.69, 9.17) is 19.5 Å². The van der Waals surface area contributed by atoms with Crippen molar-refractivity contribution in [1.29, 1.82) is 5.26 Å². The Balaban J connectivity index is 1.29. The van der Waals surface area contributed by atoms with Crippen molar-refractivity contribution in [3.63, 3.8) is 0 Å². The second-order valence-corrected chi connectivity index (χ2v) is 7.64. The first-order valence-electron chi connectivity index (χ1n) is 10.2. The van der Waals surface area contributed by atoms with Crippen LogP contribution in [0, 0.1) is 11.3 Å². The maximum atomic E-state index is 12.8. The Morgan fingerprint density at radius 3 is 2.44 bits per heavy atom. The zero-order valence-electron chi connectivity index (χ0n) is 17.5. The molecular formula is C22H19F3N4O5. The molecule has 4 rings (SSSR count). The summed E-state index contributed by atoms with van der Waals surface area (Å²) in [5.74, 6) is 0. The summed E-state index contributed by atoms with van der Waals surface area (Å²) in [6, 6.07) is 11.5. The van der Waals surface area contributed by atoms with Crippen LogP contribution in [0.2, 0.25) is 0 Å². The molecule has 2 aromatic rings. The van der Waals surface area contributed by atoms with E-state index in [2.05, 4.69) is 16.0 Å². The summed E-state index contributed by atoms with van der Waals surface area (Å²) in [6.45, 7) is 0.103. The van der Waals surface area contributed by atoms with E-state index in [0.717, 1.165) is 12.1 Å². The lowest BCUT2D eigenvalue weighted by atomic mass is 10.1. The number of alkyl halides is 3. The lowest BCUT2D eigenvalue weighted by Crippen LogP contribution is -2.46. The third-order valence-electron chi connectivity index (χ3n) is 5.27. The van der Waals surface area contributed by atoms with Crippen molar-refractivity contribution in [3.05, 3.63) is 59.7 Å². The largest absolute Gasteiger partial charge is 0.441 e. The lowest BCUT2D eigenvalue weighted by Gasteiger charge is -2.18. The van der Waals surface area contributed by atoms with Crippen LogP contribution in [0.25, 0.3) is 0 Å². The Kier molecular flexibility index (Phi) is 6.58. The number of ether oxygens (including phenoxy) is 3. The molecule has 2 heterocycles. The minimum atomic E-state index is -4.54. The number of hydrogen-bond donors (Lipinski definition) is 3. The first kappa shape index (κ1) is 23.3. The predicted molar refractivity (Wildman–Crippen MR) is 112 cm³/mol. The van der Waals surface area contributed by atoms with Gasteiger partial charge >= 0.3 is 18.3 Å². The van der Waals surface area contributed by atoms with Crippen molar-refractivity contribution < 1.29 is 37.0 Å². The SMILES string of the molecule is N#Cc1cccc(NC(=O)NC2COC3C(OC(=O)Nc4cccc(C(F)(F)F)c4)COC23)c1. The summed E-state index contributed by atoms with van der Waals surface area (Å²) in [6.07, 6.45) is -7.54. The van der Waals surface area contributed by atoms with Crippen molar-refractivity contribution in [2.45, 2.75) is 30.5 Å². The number of halogens is 3. The number of nitrogens with one attached hydrogen (secondary N) is 3. The summed E-state index contributed by atoms with van der Waals surface area (Å²) in [5.41, 5.74) is -0.143. The molecule has 0 bridgehead atoms. The van der Waals surface area contributed by atoms with Gasteiger partial charge in [0, 0.05) is 11.4 Å². The Morgan fingerprint density at radius 1 is 1.00 bits per heavy atom. The average molecular weight is 476 g/mol. The first-order valence-corrected chi connectivity index (χ1v) is 10.2. The fourth-order valence-electron chi connectivity index (χ4n) is 3.75. The van der Waals surface area contributed by atoms with Crippen LogP contribution in [0.5, 0.6) is 0 Å². The van der Waals surface area contributed by atoms with E-state index in [1.807, 2.05) is 6.07 Å². The van der Waals surface area contributed by atoms with Crippen LogP contribution in [-0.2, 0) is 20.4 Å². The number of rotatable bonds is 4. The van der Waals surface area contributed by atoms with Crippen molar-refractivity contribution in [1.82, 2.24) is 5.32 Å². The molecule has 2 saturated heterocycles. The van der Waals surface area contributed by atoms with Gasteiger partial charge in [-0.3, -0.25) is 5.32 Å². The molecule has 4 atom stereocenters. The van der Waals surface area contributed by atoms with Crippen LogP contribution in [0.15, 0.2) is 48.5 Å². The Bertz CT molecular complexity index is 1120. The summed E-state index contributed by atoms with van der Waals surface area (Å²) in [5, 5.41) is 16.6. The molecule has 2 aromatic carbocycles. The summed E-state index contributed by atoms with van der Waals surface area (Å²) < 4.78 is 55.1. The molecule has 0 radical (unpaired) electrons. The van der Waals surface area contributed by atoms with Crippen molar-refractivity contribution in [2.24, 2.45) is 0 Å². The molecule has 0 aromatic heterocycles. The molecule has 12 heteroatoms. The highest BCUT2D eigenvalue weighted by molar-refractivity contribution is 5.89. The van der Waals surface area contributed by atoms with Gasteiger partial charge in [0.25, 0.3) is 0 Å².